The van der Waals surface area contributed by atoms with Gasteiger partial charge in [0.2, 0.25) is 5.91 Å². The lowest BCUT2D eigenvalue weighted by Gasteiger charge is -2.24. The number of rotatable bonds is 6. The fourth-order valence-electron chi connectivity index (χ4n) is 3.53. The number of carbonyl (C=O) groups is 1. The fraction of sp³-hybridized carbons (Fsp3) is 0.368. The van der Waals surface area contributed by atoms with Crippen LogP contribution in [0.4, 0.5) is 10.2 Å². The molecular weight excluding hydrogens is 417 g/mol. The van der Waals surface area contributed by atoms with E-state index in [0.717, 1.165) is 4.83 Å². The van der Waals surface area contributed by atoms with Crippen LogP contribution >= 0.6 is 22.9 Å². The second-order valence-corrected chi connectivity index (χ2v) is 7.98. The highest BCUT2D eigenvalue weighted by Crippen LogP contribution is 2.42. The molecule has 7 nitrogen and oxygen atoms in total. The van der Waals surface area contributed by atoms with Gasteiger partial charge in [-0.25, -0.2) is 19.3 Å². The van der Waals surface area contributed by atoms with Crippen LogP contribution in [-0.2, 0) is 4.79 Å². The van der Waals surface area contributed by atoms with Gasteiger partial charge < -0.3 is 15.4 Å². The van der Waals surface area contributed by atoms with Crippen molar-refractivity contribution in [3.63, 3.8) is 0 Å². The minimum atomic E-state index is -0.545. The number of ether oxygens (including phenoxy) is 1. The molecule has 0 saturated carbocycles. The second-order valence-electron chi connectivity index (χ2n) is 6.74. The Balaban J connectivity index is 1.76. The van der Waals surface area contributed by atoms with Crippen molar-refractivity contribution in [1.29, 1.82) is 0 Å². The number of nitrogens with zero attached hydrogens (tertiary/aromatic N) is 3. The average Bonchev–Trinajstić information content (AvgIpc) is 3.34. The molecule has 1 aliphatic heterocycles. The van der Waals surface area contributed by atoms with Crippen molar-refractivity contribution < 1.29 is 13.9 Å². The zero-order chi connectivity index (χ0) is 20.5. The summed E-state index contributed by atoms with van der Waals surface area (Å²) in [5.41, 5.74) is 3.40. The first-order valence-electron chi connectivity index (χ1n) is 9.21. The Hall–Kier alpha value is -2.52. The van der Waals surface area contributed by atoms with Gasteiger partial charge in [0.25, 0.3) is 0 Å². The van der Waals surface area contributed by atoms with Crippen LogP contribution in [0.15, 0.2) is 17.9 Å². The first kappa shape index (κ1) is 19.8. The number of amides is 1. The standard InChI is InChI=1S/C19H19ClFN5O2S/c1-3-28-17-11(5-12(20)15(21)14(17)10-4-13(27)22-6-10)9(2)26-18-16-19(24-7-23-18)29-8-25-16/h5,7-10H,3-4,6H2,1-2H3,(H,22,27)(H,23,24,26)/t9-,10-/m1/s1. The normalized spacial score (nSPS) is 17.4. The Morgan fingerprint density at radius 3 is 3.00 bits per heavy atom. The molecule has 0 aliphatic carbocycles. The molecule has 0 spiro atoms. The third-order valence-corrected chi connectivity index (χ3v) is 5.87. The summed E-state index contributed by atoms with van der Waals surface area (Å²) in [5.74, 6) is -0.00339. The van der Waals surface area contributed by atoms with E-state index in [1.54, 1.807) is 11.6 Å². The molecule has 2 aromatic heterocycles. The molecule has 1 aliphatic rings. The minimum Gasteiger partial charge on any atom is -0.493 e. The van der Waals surface area contributed by atoms with Crippen molar-refractivity contribution in [1.82, 2.24) is 20.3 Å². The van der Waals surface area contributed by atoms with E-state index < -0.39 is 5.82 Å². The first-order chi connectivity index (χ1) is 14.0. The van der Waals surface area contributed by atoms with Gasteiger partial charge in [0.05, 0.1) is 23.2 Å². The molecule has 3 aromatic rings. The lowest BCUT2D eigenvalue weighted by molar-refractivity contribution is -0.119. The molecule has 0 unspecified atom stereocenters. The zero-order valence-corrected chi connectivity index (χ0v) is 17.4. The highest BCUT2D eigenvalue weighted by Gasteiger charge is 2.32. The van der Waals surface area contributed by atoms with Crippen molar-refractivity contribution in [3.8, 4) is 5.75 Å². The van der Waals surface area contributed by atoms with E-state index >= 15 is 4.39 Å². The number of aromatic nitrogens is 3. The maximum Gasteiger partial charge on any atom is 0.220 e. The van der Waals surface area contributed by atoms with Crippen LogP contribution in [0, 0.1) is 5.82 Å². The summed E-state index contributed by atoms with van der Waals surface area (Å²) in [6.07, 6.45) is 1.67. The number of nitrogens with one attached hydrogen (secondary N) is 2. The molecule has 1 saturated heterocycles. The summed E-state index contributed by atoms with van der Waals surface area (Å²) in [6, 6.07) is 1.26. The lowest BCUT2D eigenvalue weighted by Crippen LogP contribution is -2.16. The van der Waals surface area contributed by atoms with Gasteiger partial charge in [-0.2, -0.15) is 0 Å². The number of fused-ring (bicyclic) bond motifs is 1. The van der Waals surface area contributed by atoms with Crippen LogP contribution in [0.3, 0.4) is 0 Å². The van der Waals surface area contributed by atoms with Gasteiger partial charge in [-0.05, 0) is 19.9 Å². The molecule has 29 heavy (non-hydrogen) atoms. The fourth-order valence-corrected chi connectivity index (χ4v) is 4.38. The van der Waals surface area contributed by atoms with Crippen molar-refractivity contribution in [2.45, 2.75) is 32.2 Å². The van der Waals surface area contributed by atoms with Gasteiger partial charge >= 0.3 is 0 Å². The van der Waals surface area contributed by atoms with E-state index in [1.807, 2.05) is 13.8 Å². The smallest absolute Gasteiger partial charge is 0.220 e. The number of hydrogen-bond donors (Lipinski definition) is 2. The Labute approximate surface area is 175 Å². The molecule has 2 N–H and O–H groups in total. The number of halogens is 2. The molecule has 10 heteroatoms. The van der Waals surface area contributed by atoms with Crippen LogP contribution < -0.4 is 15.4 Å². The van der Waals surface area contributed by atoms with E-state index in [2.05, 4.69) is 25.6 Å². The number of benzene rings is 1. The van der Waals surface area contributed by atoms with Crippen molar-refractivity contribution in [3.05, 3.63) is 39.9 Å². The third kappa shape index (κ3) is 3.72. The predicted molar refractivity (Wildman–Crippen MR) is 110 cm³/mol. The van der Waals surface area contributed by atoms with Gasteiger partial charge in [-0.3, -0.25) is 4.79 Å². The lowest BCUT2D eigenvalue weighted by atomic mass is 9.92. The van der Waals surface area contributed by atoms with Gasteiger partial charge in [0.1, 0.15) is 28.2 Å². The highest BCUT2D eigenvalue weighted by molar-refractivity contribution is 7.16. The molecule has 4 rings (SSSR count). The highest BCUT2D eigenvalue weighted by atomic mass is 35.5. The van der Waals surface area contributed by atoms with Crippen LogP contribution in [0.1, 0.15) is 43.4 Å². The van der Waals surface area contributed by atoms with E-state index in [0.29, 0.717) is 41.4 Å². The van der Waals surface area contributed by atoms with E-state index in [9.17, 15) is 4.79 Å². The summed E-state index contributed by atoms with van der Waals surface area (Å²) in [4.78, 5) is 25.3. The van der Waals surface area contributed by atoms with Crippen LogP contribution in [0.5, 0.6) is 5.75 Å². The molecule has 1 aromatic carbocycles. The van der Waals surface area contributed by atoms with E-state index in [1.165, 1.54) is 17.7 Å². The maximum atomic E-state index is 15.0. The van der Waals surface area contributed by atoms with Crippen molar-refractivity contribution in [2.75, 3.05) is 18.5 Å². The molecule has 3 heterocycles. The SMILES string of the molecule is CCOc1c([C@@H](C)Nc2ncnc3scnc23)cc(Cl)c(F)c1[C@H]1CNC(=O)C1. The van der Waals surface area contributed by atoms with Gasteiger partial charge in [0.15, 0.2) is 5.82 Å². The van der Waals surface area contributed by atoms with Crippen LogP contribution in [0.25, 0.3) is 10.3 Å². The van der Waals surface area contributed by atoms with Gasteiger partial charge in [-0.1, -0.05) is 11.6 Å². The monoisotopic (exact) mass is 435 g/mol. The van der Waals surface area contributed by atoms with Gasteiger partial charge in [0, 0.05) is 30.0 Å². The number of anilines is 1. The Morgan fingerprint density at radius 2 is 2.28 bits per heavy atom. The number of carbonyl (C=O) groups excluding carboxylic acids is 1. The molecule has 1 amide bonds. The minimum absolute atomic E-state index is 0.00653. The first-order valence-corrected chi connectivity index (χ1v) is 10.5. The van der Waals surface area contributed by atoms with E-state index in [4.69, 9.17) is 16.3 Å². The Bertz CT molecular complexity index is 1080. The molecular formula is C19H19ClFN5O2S. The zero-order valence-electron chi connectivity index (χ0n) is 15.8. The molecule has 152 valence electrons. The molecule has 0 radical (unpaired) electrons. The molecule has 1 fully saturated rings. The summed E-state index contributed by atoms with van der Waals surface area (Å²) < 4.78 is 20.9. The molecule has 0 bridgehead atoms. The Kier molecular flexibility index (Phi) is 5.51. The van der Waals surface area contributed by atoms with Gasteiger partial charge in [-0.15, -0.1) is 11.3 Å². The number of thiazole rings is 1. The van der Waals surface area contributed by atoms with Crippen molar-refractivity contribution >= 4 is 45.0 Å². The van der Waals surface area contributed by atoms with Crippen LogP contribution in [-0.4, -0.2) is 34.0 Å². The summed E-state index contributed by atoms with van der Waals surface area (Å²) in [6.45, 7) is 4.45. The molecule has 2 atom stereocenters. The summed E-state index contributed by atoms with van der Waals surface area (Å²) >= 11 is 7.65. The number of hydrogen-bond acceptors (Lipinski definition) is 7. The predicted octanol–water partition coefficient (Wildman–Crippen LogP) is 4.05. The Morgan fingerprint density at radius 1 is 1.45 bits per heavy atom. The summed E-state index contributed by atoms with van der Waals surface area (Å²) in [5, 5.41) is 6.05. The largest absolute Gasteiger partial charge is 0.493 e. The van der Waals surface area contributed by atoms with Crippen LogP contribution in [0.2, 0.25) is 5.02 Å². The van der Waals surface area contributed by atoms with E-state index in [-0.39, 0.29) is 29.3 Å². The maximum absolute atomic E-state index is 15.0. The topological polar surface area (TPSA) is 89.0 Å². The van der Waals surface area contributed by atoms with Crippen molar-refractivity contribution in [2.24, 2.45) is 0 Å². The third-order valence-electron chi connectivity index (χ3n) is 4.86. The summed E-state index contributed by atoms with van der Waals surface area (Å²) in [7, 11) is 0. The average molecular weight is 436 g/mol. The second kappa shape index (κ2) is 8.08. The quantitative estimate of drug-likeness (QED) is 0.607.